The summed E-state index contributed by atoms with van der Waals surface area (Å²) in [5.41, 5.74) is 0.255. The fourth-order valence-corrected chi connectivity index (χ4v) is 5.14. The van der Waals surface area contributed by atoms with E-state index in [1.165, 1.54) is 48.5 Å². The lowest BCUT2D eigenvalue weighted by molar-refractivity contribution is -0.385. The average molecular weight is 601 g/mol. The van der Waals surface area contributed by atoms with Gasteiger partial charge in [-0.1, -0.05) is 0 Å². The van der Waals surface area contributed by atoms with Crippen LogP contribution >= 0.6 is 0 Å². The maximum atomic E-state index is 12.2. The summed E-state index contributed by atoms with van der Waals surface area (Å²) in [6.07, 6.45) is 1.89. The summed E-state index contributed by atoms with van der Waals surface area (Å²) in [7, 11) is 0. The van der Waals surface area contributed by atoms with E-state index in [-0.39, 0.29) is 72.3 Å². The number of nitrogens with zero attached hydrogens (tertiary/aromatic N) is 2. The first-order valence-electron chi connectivity index (χ1n) is 14.0. The second-order valence-electron chi connectivity index (χ2n) is 11.1. The van der Waals surface area contributed by atoms with E-state index in [2.05, 4.69) is 0 Å². The van der Waals surface area contributed by atoms with Crippen LogP contribution in [0.4, 0.5) is 11.4 Å². The highest BCUT2D eigenvalue weighted by Gasteiger charge is 2.46. The Hall–Kier alpha value is -3.98. The van der Waals surface area contributed by atoms with Crippen LogP contribution in [0.1, 0.15) is 60.2 Å². The fourth-order valence-electron chi connectivity index (χ4n) is 5.14. The number of carbonyl (C=O) groups excluding carboxylic acids is 2. The van der Waals surface area contributed by atoms with Crippen LogP contribution in [0.5, 0.6) is 0 Å². The number of benzene rings is 2. The zero-order valence-corrected chi connectivity index (χ0v) is 23.6. The Bertz CT molecular complexity index is 1240. The van der Waals surface area contributed by atoms with Gasteiger partial charge in [-0.05, 0) is 63.8 Å². The molecule has 230 valence electrons. The van der Waals surface area contributed by atoms with Gasteiger partial charge in [-0.3, -0.25) is 20.2 Å². The van der Waals surface area contributed by atoms with Crippen molar-refractivity contribution in [2.75, 3.05) is 13.2 Å². The smallest absolute Gasteiger partial charge is 0.338 e. The van der Waals surface area contributed by atoms with Gasteiger partial charge in [-0.15, -0.1) is 0 Å². The van der Waals surface area contributed by atoms with Crippen molar-refractivity contribution in [3.8, 4) is 0 Å². The minimum Gasteiger partial charge on any atom is -0.459 e. The minimum atomic E-state index is -0.733. The number of non-ortho nitro benzene ring substituents is 2. The Morgan fingerprint density at radius 3 is 1.35 bits per heavy atom. The molecule has 43 heavy (non-hydrogen) atoms. The maximum absolute atomic E-state index is 12.2. The van der Waals surface area contributed by atoms with Crippen LogP contribution in [-0.4, -0.2) is 77.4 Å². The van der Waals surface area contributed by atoms with Crippen LogP contribution in [0.3, 0.4) is 0 Å². The van der Waals surface area contributed by atoms with E-state index in [0.29, 0.717) is 25.7 Å². The molecule has 3 heterocycles. The number of esters is 2. The van der Waals surface area contributed by atoms with Gasteiger partial charge in [-0.25, -0.2) is 9.59 Å². The van der Waals surface area contributed by atoms with Crippen molar-refractivity contribution in [2.45, 2.75) is 81.9 Å². The van der Waals surface area contributed by atoms with Gasteiger partial charge in [0.2, 0.25) is 0 Å². The molecule has 6 atom stereocenters. The first kappa shape index (κ1) is 30.5. The molecular formula is C29H32N2O12. The molecule has 14 nitrogen and oxygen atoms in total. The predicted molar refractivity (Wildman–Crippen MR) is 146 cm³/mol. The normalized spacial score (nSPS) is 26.8. The van der Waals surface area contributed by atoms with Crippen molar-refractivity contribution in [1.82, 2.24) is 0 Å². The van der Waals surface area contributed by atoms with Gasteiger partial charge < -0.3 is 28.4 Å². The minimum absolute atomic E-state index is 0.0702. The number of hydrogen-bond acceptors (Lipinski definition) is 12. The molecule has 2 aromatic carbocycles. The molecular weight excluding hydrogens is 568 g/mol. The van der Waals surface area contributed by atoms with E-state index in [1.54, 1.807) is 0 Å². The molecule has 0 unspecified atom stereocenters. The Morgan fingerprint density at radius 2 is 1.00 bits per heavy atom. The number of nitro benzene ring substituents is 2. The molecule has 3 aliphatic heterocycles. The van der Waals surface area contributed by atoms with E-state index in [4.69, 9.17) is 28.4 Å². The molecule has 0 N–H and O–H groups in total. The van der Waals surface area contributed by atoms with Crippen molar-refractivity contribution in [2.24, 2.45) is 0 Å². The third kappa shape index (κ3) is 8.10. The second-order valence-corrected chi connectivity index (χ2v) is 11.1. The summed E-state index contributed by atoms with van der Waals surface area (Å²) in [6.45, 7) is 3.91. The zero-order chi connectivity index (χ0) is 30.7. The lowest BCUT2D eigenvalue weighted by Gasteiger charge is -2.16. The monoisotopic (exact) mass is 600 g/mol. The predicted octanol–water partition coefficient (Wildman–Crippen LogP) is 4.13. The van der Waals surface area contributed by atoms with Gasteiger partial charge in [0, 0.05) is 24.3 Å². The summed E-state index contributed by atoms with van der Waals surface area (Å²) in [5, 5.41) is 21.5. The number of ether oxygens (including phenoxy) is 6. The Morgan fingerprint density at radius 1 is 0.651 bits per heavy atom. The van der Waals surface area contributed by atoms with E-state index in [1.807, 2.05) is 13.8 Å². The van der Waals surface area contributed by atoms with Gasteiger partial charge in [0.15, 0.2) is 5.79 Å². The molecule has 3 aliphatic rings. The van der Waals surface area contributed by atoms with Gasteiger partial charge in [-0.2, -0.15) is 0 Å². The van der Waals surface area contributed by atoms with Crippen molar-refractivity contribution in [1.29, 1.82) is 0 Å². The first-order valence-corrected chi connectivity index (χ1v) is 14.0. The lowest BCUT2D eigenvalue weighted by atomic mass is 10.0. The molecule has 0 bridgehead atoms. The van der Waals surface area contributed by atoms with Crippen LogP contribution < -0.4 is 0 Å². The van der Waals surface area contributed by atoms with Gasteiger partial charge in [0.05, 0.1) is 45.4 Å². The Labute approximate surface area is 246 Å². The van der Waals surface area contributed by atoms with Crippen LogP contribution in [0.2, 0.25) is 0 Å². The van der Waals surface area contributed by atoms with Crippen LogP contribution in [0, 0.1) is 20.2 Å². The highest BCUT2D eigenvalue weighted by Crippen LogP contribution is 2.38. The molecule has 3 fully saturated rings. The van der Waals surface area contributed by atoms with E-state index >= 15 is 0 Å². The number of epoxide rings is 2. The molecule has 0 amide bonds. The molecule has 0 aromatic heterocycles. The average Bonchev–Trinajstić information content (AvgIpc) is 3.90. The number of nitro groups is 2. The maximum Gasteiger partial charge on any atom is 0.338 e. The van der Waals surface area contributed by atoms with Crippen molar-refractivity contribution >= 4 is 23.3 Å². The van der Waals surface area contributed by atoms with E-state index in [9.17, 15) is 29.8 Å². The Balaban J connectivity index is 0.991. The zero-order valence-electron chi connectivity index (χ0n) is 23.6. The summed E-state index contributed by atoms with van der Waals surface area (Å²) in [6, 6.07) is 10.4. The van der Waals surface area contributed by atoms with Crippen LogP contribution in [-0.2, 0) is 28.4 Å². The third-order valence-electron chi connectivity index (χ3n) is 7.52. The fraction of sp³-hybridized carbons (Fsp3) is 0.517. The highest BCUT2D eigenvalue weighted by atomic mass is 16.8. The SMILES string of the molecule is CC1(C)O[C@H](CC[C@@H]2O[C@H]2COC(=O)c2ccc([N+](=O)[O-])cc2)[C@@H](CC[C@@H]2O[C@H]2COC(=O)c2ccc([N+](=O)[O-])cc2)O1. The van der Waals surface area contributed by atoms with E-state index < -0.39 is 27.6 Å². The molecule has 2 aromatic rings. The quantitative estimate of drug-likeness (QED) is 0.131. The van der Waals surface area contributed by atoms with Gasteiger partial charge in [0.25, 0.3) is 11.4 Å². The standard InChI is InChI=1S/C29H32N2O12/c1-29(2)42-23(13-11-21-25(40-21)15-38-27(32)17-3-7-19(8-4-17)30(34)35)24(43-29)14-12-22-26(41-22)16-39-28(33)18-5-9-20(10-6-18)31(36)37/h3-10,21-26H,11-16H2,1-2H3/t21-,22-,23+,24+,25-,26-/m0/s1. The largest absolute Gasteiger partial charge is 0.459 e. The summed E-state index contributed by atoms with van der Waals surface area (Å²) >= 11 is 0. The lowest BCUT2D eigenvalue weighted by Crippen LogP contribution is -2.24. The van der Waals surface area contributed by atoms with Crippen molar-refractivity contribution < 1.29 is 47.9 Å². The van der Waals surface area contributed by atoms with Crippen molar-refractivity contribution in [3.63, 3.8) is 0 Å². The molecule has 3 saturated heterocycles. The summed E-state index contributed by atoms with van der Waals surface area (Å²) in [5.74, 6) is -1.87. The first-order chi connectivity index (χ1) is 20.5. The Kier molecular flexibility index (Phi) is 9.01. The molecule has 0 radical (unpaired) electrons. The van der Waals surface area contributed by atoms with Gasteiger partial charge >= 0.3 is 11.9 Å². The molecule has 0 spiro atoms. The molecule has 5 rings (SSSR count). The van der Waals surface area contributed by atoms with Crippen LogP contribution in [0.15, 0.2) is 48.5 Å². The summed E-state index contributed by atoms with van der Waals surface area (Å²) < 4.78 is 34.2. The van der Waals surface area contributed by atoms with Gasteiger partial charge in [0.1, 0.15) is 25.4 Å². The molecule has 0 saturated carbocycles. The third-order valence-corrected chi connectivity index (χ3v) is 7.52. The number of hydrogen-bond donors (Lipinski definition) is 0. The summed E-state index contributed by atoms with van der Waals surface area (Å²) in [4.78, 5) is 44.9. The second kappa shape index (κ2) is 12.7. The topological polar surface area (TPSA) is 182 Å². The molecule has 0 aliphatic carbocycles. The van der Waals surface area contributed by atoms with Crippen LogP contribution in [0.25, 0.3) is 0 Å². The number of carbonyl (C=O) groups is 2. The van der Waals surface area contributed by atoms with Crippen molar-refractivity contribution in [3.05, 3.63) is 79.9 Å². The van der Waals surface area contributed by atoms with E-state index in [0.717, 1.165) is 0 Å². The number of rotatable bonds is 14. The highest BCUT2D eigenvalue weighted by molar-refractivity contribution is 5.90. The molecule has 14 heteroatoms.